The minimum absolute atomic E-state index is 0.0449. The van der Waals surface area contributed by atoms with Crippen LogP contribution in [0, 0.1) is 23.7 Å². The number of aliphatic hydroxyl groups is 3. The minimum atomic E-state index is -2.38. The van der Waals surface area contributed by atoms with E-state index in [2.05, 4.69) is 0 Å². The molecule has 1 amide bonds. The first-order valence-electron chi connectivity index (χ1n) is 23.1. The number of piperidine rings is 1. The molecule has 1 saturated carbocycles. The van der Waals surface area contributed by atoms with Gasteiger partial charge in [0.05, 0.1) is 24.4 Å². The lowest BCUT2D eigenvalue weighted by atomic mass is 9.78. The maximum absolute atomic E-state index is 14.3. The van der Waals surface area contributed by atoms with Gasteiger partial charge in [-0.25, -0.2) is 4.79 Å². The first-order chi connectivity index (χ1) is 29.9. The van der Waals surface area contributed by atoms with E-state index in [-0.39, 0.29) is 67.7 Å². The number of allylic oxidation sites excluding steroid dienone is 6. The lowest BCUT2D eigenvalue weighted by Crippen LogP contribution is -2.58. The number of amides is 1. The van der Waals surface area contributed by atoms with Crippen LogP contribution in [0.1, 0.15) is 125 Å². The molecule has 63 heavy (non-hydrogen) atoms. The standard InChI is InChI=1S/C49H75NO13/c1-30-15-10-9-11-16-31(2)41(59-6)28-36-17-14-23-49(58,63-36)46(55)47(56)50-24-13-12-18-37(50)48(57)62-42(33(4)26-35-20-22-38(51)43(27-35)60-7)29-40(53)32(3)25-34(5)44(54)45(61-8)39(52)21-19-30/h9-11,15-16,25,30,32-33,35-38,41-45,51,54,58H,12-14,17-24,26-29H2,1-8H3/b11-9+,15-10+,31-16+,34-25+/t30-,32-,33-,35+,36?,37+,38-,41+,42+,43-,44-,45+,49-/m1/s1. The summed E-state index contributed by atoms with van der Waals surface area (Å²) < 4.78 is 29.1. The number of ether oxygens (including phenoxy) is 5. The molecule has 0 spiro atoms. The SMILES string of the molecule is CO[C@H]1CC2CCC[C@@](O)(O2)C(=O)C(=O)N2CCCC[C@H]2C(=O)O[C@H]([C@H](C)C[C@@H]2CC[C@@H](O)[C@H](OC)C2)CC(=O)[C@H](C)/C=C(\C)[C@@H](O)[C@@H](OC)C(=O)CC[C@H](C)/C=C/C=C/C=C/1C. The Morgan fingerprint density at radius 2 is 1.60 bits per heavy atom. The second-order valence-electron chi connectivity index (χ2n) is 18.6. The summed E-state index contributed by atoms with van der Waals surface area (Å²) in [6.45, 7) is 9.24. The van der Waals surface area contributed by atoms with Crippen LogP contribution in [-0.2, 0) is 47.7 Å². The molecule has 14 heteroatoms. The van der Waals surface area contributed by atoms with E-state index in [0.717, 1.165) is 12.0 Å². The second-order valence-corrected chi connectivity index (χ2v) is 18.6. The number of aliphatic hydroxyl groups excluding tert-OH is 2. The lowest BCUT2D eigenvalue weighted by molar-refractivity contribution is -0.245. The van der Waals surface area contributed by atoms with E-state index in [4.69, 9.17) is 23.7 Å². The van der Waals surface area contributed by atoms with Crippen molar-refractivity contribution in [3.63, 3.8) is 0 Å². The van der Waals surface area contributed by atoms with Crippen LogP contribution in [0.25, 0.3) is 0 Å². The number of fused-ring (bicyclic) bond motifs is 3. The molecule has 1 aliphatic carbocycles. The average molecular weight is 886 g/mol. The van der Waals surface area contributed by atoms with E-state index < -0.39 is 72.0 Å². The molecule has 4 rings (SSSR count). The van der Waals surface area contributed by atoms with E-state index >= 15 is 0 Å². The molecule has 4 aliphatic rings. The number of esters is 1. The van der Waals surface area contributed by atoms with Crippen LogP contribution in [0.4, 0.5) is 0 Å². The summed E-state index contributed by atoms with van der Waals surface area (Å²) in [6.07, 6.45) is 11.4. The summed E-state index contributed by atoms with van der Waals surface area (Å²) in [5.41, 5.74) is 1.27. The van der Waals surface area contributed by atoms with Crippen LogP contribution in [-0.4, -0.2) is 132 Å². The Kier molecular flexibility index (Phi) is 20.6. The van der Waals surface area contributed by atoms with Crippen molar-refractivity contribution in [1.29, 1.82) is 0 Å². The van der Waals surface area contributed by atoms with Crippen LogP contribution in [0.2, 0.25) is 0 Å². The number of rotatable bonds is 6. The van der Waals surface area contributed by atoms with Crippen LogP contribution >= 0.6 is 0 Å². The predicted octanol–water partition coefficient (Wildman–Crippen LogP) is 5.69. The van der Waals surface area contributed by atoms with E-state index in [9.17, 15) is 39.3 Å². The number of cyclic esters (lactones) is 1. The quantitative estimate of drug-likeness (QED) is 0.168. The first-order valence-corrected chi connectivity index (χ1v) is 23.1. The number of Topliss-reactive ketones (excluding diaryl/α,β-unsaturated/α-hetero) is 3. The molecule has 3 fully saturated rings. The van der Waals surface area contributed by atoms with Gasteiger partial charge in [-0.3, -0.25) is 19.2 Å². The van der Waals surface area contributed by atoms with Crippen molar-refractivity contribution < 1.29 is 63.0 Å². The van der Waals surface area contributed by atoms with Gasteiger partial charge in [-0.05, 0) is 107 Å². The summed E-state index contributed by atoms with van der Waals surface area (Å²) in [7, 11) is 4.51. The number of carbonyl (C=O) groups is 5. The van der Waals surface area contributed by atoms with Crippen molar-refractivity contribution in [2.45, 2.75) is 179 Å². The molecule has 0 aromatic carbocycles. The molecule has 0 radical (unpaired) electrons. The van der Waals surface area contributed by atoms with Gasteiger partial charge in [0.2, 0.25) is 5.79 Å². The number of nitrogens with zero attached hydrogens (tertiary/aromatic N) is 1. The summed E-state index contributed by atoms with van der Waals surface area (Å²) in [4.78, 5) is 70.9. The highest BCUT2D eigenvalue weighted by atomic mass is 16.6. The third-order valence-corrected chi connectivity index (χ3v) is 13.6. The summed E-state index contributed by atoms with van der Waals surface area (Å²) >= 11 is 0. The molecule has 2 bridgehead atoms. The minimum Gasteiger partial charge on any atom is -0.460 e. The fourth-order valence-corrected chi connectivity index (χ4v) is 9.53. The Hall–Kier alpha value is -3.37. The van der Waals surface area contributed by atoms with Crippen molar-refractivity contribution in [3.8, 4) is 0 Å². The Morgan fingerprint density at radius 3 is 2.30 bits per heavy atom. The van der Waals surface area contributed by atoms with E-state index in [1.54, 1.807) is 34.1 Å². The topological polar surface area (TPSA) is 195 Å². The molecule has 14 nitrogen and oxygen atoms in total. The summed E-state index contributed by atoms with van der Waals surface area (Å²) in [6, 6.07) is -1.13. The molecule has 1 unspecified atom stereocenters. The van der Waals surface area contributed by atoms with Crippen molar-refractivity contribution in [2.75, 3.05) is 27.9 Å². The average Bonchev–Trinajstić information content (AvgIpc) is 3.26. The van der Waals surface area contributed by atoms with Crippen molar-refractivity contribution >= 4 is 29.2 Å². The third-order valence-electron chi connectivity index (χ3n) is 13.6. The molecule has 13 atom stereocenters. The fraction of sp³-hybridized carbons (Fsp3) is 0.735. The zero-order chi connectivity index (χ0) is 46.4. The lowest BCUT2D eigenvalue weighted by Gasteiger charge is -2.40. The number of hydrogen-bond acceptors (Lipinski definition) is 13. The van der Waals surface area contributed by atoms with Gasteiger partial charge in [0.1, 0.15) is 30.1 Å². The molecular formula is C49H75NO13. The van der Waals surface area contributed by atoms with E-state index in [1.807, 2.05) is 51.2 Å². The van der Waals surface area contributed by atoms with E-state index in [0.29, 0.717) is 63.4 Å². The van der Waals surface area contributed by atoms with Gasteiger partial charge in [0.15, 0.2) is 5.78 Å². The maximum Gasteiger partial charge on any atom is 0.329 e. The molecule has 3 heterocycles. The summed E-state index contributed by atoms with van der Waals surface area (Å²) in [5.74, 6) is -6.71. The Bertz CT molecular complexity index is 1690. The maximum atomic E-state index is 14.3. The van der Waals surface area contributed by atoms with Gasteiger partial charge in [0, 0.05) is 59.5 Å². The van der Waals surface area contributed by atoms with Crippen LogP contribution < -0.4 is 0 Å². The van der Waals surface area contributed by atoms with Crippen LogP contribution in [0.3, 0.4) is 0 Å². The van der Waals surface area contributed by atoms with E-state index in [1.165, 1.54) is 12.0 Å². The van der Waals surface area contributed by atoms with Crippen molar-refractivity contribution in [3.05, 3.63) is 47.6 Å². The van der Waals surface area contributed by atoms with Crippen molar-refractivity contribution in [2.24, 2.45) is 23.7 Å². The summed E-state index contributed by atoms with van der Waals surface area (Å²) in [5, 5.41) is 33.4. The van der Waals surface area contributed by atoms with Crippen LogP contribution in [0.5, 0.6) is 0 Å². The number of methoxy groups -OCH3 is 3. The van der Waals surface area contributed by atoms with Gasteiger partial charge in [-0.15, -0.1) is 0 Å². The smallest absolute Gasteiger partial charge is 0.329 e. The van der Waals surface area contributed by atoms with Gasteiger partial charge in [-0.1, -0.05) is 57.2 Å². The second kappa shape index (κ2) is 24.8. The fourth-order valence-electron chi connectivity index (χ4n) is 9.53. The van der Waals surface area contributed by atoms with Gasteiger partial charge in [-0.2, -0.15) is 0 Å². The van der Waals surface area contributed by atoms with Gasteiger partial charge >= 0.3 is 5.97 Å². The highest BCUT2D eigenvalue weighted by Crippen LogP contribution is 2.35. The zero-order valence-corrected chi connectivity index (χ0v) is 38.9. The molecule has 354 valence electrons. The molecule has 3 N–H and O–H groups in total. The van der Waals surface area contributed by atoms with Gasteiger partial charge < -0.3 is 43.9 Å². The predicted molar refractivity (Wildman–Crippen MR) is 236 cm³/mol. The molecular weight excluding hydrogens is 811 g/mol. The Labute approximate surface area is 374 Å². The first kappa shape index (κ1) is 52.3. The highest BCUT2D eigenvalue weighted by Gasteiger charge is 2.49. The Morgan fingerprint density at radius 1 is 0.857 bits per heavy atom. The van der Waals surface area contributed by atoms with Crippen LogP contribution in [0.15, 0.2) is 47.6 Å². The van der Waals surface area contributed by atoms with Crippen molar-refractivity contribution in [1.82, 2.24) is 4.90 Å². The molecule has 3 aliphatic heterocycles. The highest BCUT2D eigenvalue weighted by molar-refractivity contribution is 6.39. The molecule has 0 aromatic rings. The zero-order valence-electron chi connectivity index (χ0n) is 38.9. The van der Waals surface area contributed by atoms with Gasteiger partial charge in [0.25, 0.3) is 11.7 Å². The number of ketones is 3. The third kappa shape index (κ3) is 14.6. The number of carbonyl (C=O) groups excluding carboxylic acids is 5. The monoisotopic (exact) mass is 886 g/mol. The normalized spacial score (nSPS) is 38.9. The number of hydrogen-bond donors (Lipinski definition) is 3. The largest absolute Gasteiger partial charge is 0.460 e. The Balaban J connectivity index is 1.67. The molecule has 0 aromatic heterocycles. The molecule has 2 saturated heterocycles.